The molecule has 0 aliphatic rings. The van der Waals surface area contributed by atoms with Crippen molar-refractivity contribution < 1.29 is 4.79 Å². The van der Waals surface area contributed by atoms with Crippen LogP contribution < -0.4 is 10.9 Å². The molecule has 23 heavy (non-hydrogen) atoms. The number of H-pyrrole nitrogens is 1. The Hall–Kier alpha value is -2.37. The van der Waals surface area contributed by atoms with Crippen LogP contribution in [0.5, 0.6) is 0 Å². The monoisotopic (exact) mass is 347 g/mol. The maximum atomic E-state index is 12.2. The van der Waals surface area contributed by atoms with Crippen molar-refractivity contribution in [1.82, 2.24) is 15.5 Å². The zero-order chi connectivity index (χ0) is 16.4. The molecule has 0 unspecified atom stereocenters. The van der Waals surface area contributed by atoms with Crippen molar-refractivity contribution in [2.75, 3.05) is 0 Å². The molecule has 0 radical (unpaired) electrons. The van der Waals surface area contributed by atoms with Gasteiger partial charge in [0.15, 0.2) is 0 Å². The van der Waals surface area contributed by atoms with E-state index in [9.17, 15) is 9.59 Å². The minimum Gasteiger partial charge on any atom is -0.346 e. The van der Waals surface area contributed by atoms with Gasteiger partial charge in [0.05, 0.1) is 28.2 Å². The van der Waals surface area contributed by atoms with E-state index in [1.54, 1.807) is 30.3 Å². The Morgan fingerprint density at radius 2 is 1.87 bits per heavy atom. The van der Waals surface area contributed by atoms with Crippen LogP contribution in [0.2, 0.25) is 10.0 Å². The zero-order valence-electron chi connectivity index (χ0n) is 11.8. The highest BCUT2D eigenvalue weighted by Gasteiger charge is 2.12. The maximum Gasteiger partial charge on any atom is 0.272 e. The second-order valence-corrected chi connectivity index (χ2v) is 5.70. The first-order valence-corrected chi connectivity index (χ1v) is 7.51. The first-order valence-electron chi connectivity index (χ1n) is 6.76. The fourth-order valence-electron chi connectivity index (χ4n) is 2.24. The molecule has 7 heteroatoms. The Balaban J connectivity index is 1.86. The summed E-state index contributed by atoms with van der Waals surface area (Å²) in [5, 5.41) is 11.1. The highest BCUT2D eigenvalue weighted by atomic mass is 35.5. The van der Waals surface area contributed by atoms with Crippen LogP contribution in [0, 0.1) is 0 Å². The van der Waals surface area contributed by atoms with Gasteiger partial charge in [-0.2, -0.15) is 5.10 Å². The first kappa shape index (κ1) is 15.5. The van der Waals surface area contributed by atoms with Crippen molar-refractivity contribution in [3.05, 3.63) is 74.1 Å². The molecule has 116 valence electrons. The molecule has 2 aromatic carbocycles. The summed E-state index contributed by atoms with van der Waals surface area (Å²) in [4.78, 5) is 24.0. The van der Waals surface area contributed by atoms with E-state index in [4.69, 9.17) is 23.2 Å². The normalized spacial score (nSPS) is 10.7. The molecule has 1 aromatic heterocycles. The summed E-state index contributed by atoms with van der Waals surface area (Å²) in [6.45, 7) is 0.152. The van der Waals surface area contributed by atoms with Crippen molar-refractivity contribution >= 4 is 39.9 Å². The maximum absolute atomic E-state index is 12.2. The van der Waals surface area contributed by atoms with Gasteiger partial charge in [-0.1, -0.05) is 41.4 Å². The van der Waals surface area contributed by atoms with Gasteiger partial charge in [0, 0.05) is 10.4 Å². The van der Waals surface area contributed by atoms with Gasteiger partial charge >= 0.3 is 0 Å². The quantitative estimate of drug-likeness (QED) is 0.764. The molecule has 0 fully saturated rings. The molecule has 0 bridgehead atoms. The van der Waals surface area contributed by atoms with E-state index in [0.29, 0.717) is 26.5 Å². The predicted octanol–water partition coefficient (Wildman–Crippen LogP) is 3.16. The number of amides is 1. The molecule has 0 aliphatic carbocycles. The van der Waals surface area contributed by atoms with Crippen molar-refractivity contribution in [3.63, 3.8) is 0 Å². The molecule has 0 saturated heterocycles. The third-order valence-corrected chi connectivity index (χ3v) is 3.93. The Kier molecular flexibility index (Phi) is 4.32. The number of fused-ring (bicyclic) bond motifs is 1. The van der Waals surface area contributed by atoms with Crippen LogP contribution in [0.25, 0.3) is 10.8 Å². The molecular weight excluding hydrogens is 337 g/mol. The smallest absolute Gasteiger partial charge is 0.272 e. The van der Waals surface area contributed by atoms with E-state index in [1.807, 2.05) is 6.07 Å². The number of hydrogen-bond acceptors (Lipinski definition) is 3. The second kappa shape index (κ2) is 6.40. The van der Waals surface area contributed by atoms with Crippen molar-refractivity contribution in [3.8, 4) is 0 Å². The van der Waals surface area contributed by atoms with Gasteiger partial charge in [-0.05, 0) is 24.3 Å². The van der Waals surface area contributed by atoms with E-state index in [2.05, 4.69) is 15.5 Å². The summed E-state index contributed by atoms with van der Waals surface area (Å²) in [6, 6.07) is 11.7. The summed E-state index contributed by atoms with van der Waals surface area (Å²) in [5.74, 6) is -0.366. The highest BCUT2D eigenvalue weighted by Crippen LogP contribution is 2.20. The van der Waals surface area contributed by atoms with E-state index in [-0.39, 0.29) is 23.6 Å². The molecule has 3 aromatic rings. The number of carbonyl (C=O) groups excluding carboxylic acids is 1. The second-order valence-electron chi connectivity index (χ2n) is 4.85. The topological polar surface area (TPSA) is 74.8 Å². The number of rotatable bonds is 3. The number of carbonyl (C=O) groups is 1. The molecule has 1 amide bonds. The van der Waals surface area contributed by atoms with Crippen LogP contribution in [-0.4, -0.2) is 16.1 Å². The van der Waals surface area contributed by atoms with Crippen molar-refractivity contribution in [2.24, 2.45) is 0 Å². The lowest BCUT2D eigenvalue weighted by molar-refractivity contribution is 0.0950. The van der Waals surface area contributed by atoms with Gasteiger partial charge in [0.25, 0.3) is 11.5 Å². The Morgan fingerprint density at radius 3 is 2.65 bits per heavy atom. The van der Waals surface area contributed by atoms with Gasteiger partial charge in [-0.3, -0.25) is 9.59 Å². The average Bonchev–Trinajstić information content (AvgIpc) is 2.56. The van der Waals surface area contributed by atoms with E-state index in [1.165, 1.54) is 6.07 Å². The van der Waals surface area contributed by atoms with Crippen molar-refractivity contribution in [2.45, 2.75) is 6.54 Å². The van der Waals surface area contributed by atoms with E-state index >= 15 is 0 Å². The lowest BCUT2D eigenvalue weighted by atomic mass is 10.1. The first-order chi connectivity index (χ1) is 11.1. The number of halogens is 2. The minimum atomic E-state index is -0.366. The fourth-order valence-corrected chi connectivity index (χ4v) is 2.61. The van der Waals surface area contributed by atoms with Crippen LogP contribution in [0.1, 0.15) is 16.1 Å². The van der Waals surface area contributed by atoms with Crippen LogP contribution >= 0.6 is 23.2 Å². The van der Waals surface area contributed by atoms with E-state index in [0.717, 1.165) is 0 Å². The summed E-state index contributed by atoms with van der Waals surface area (Å²) >= 11 is 11.9. The highest BCUT2D eigenvalue weighted by molar-refractivity contribution is 6.35. The molecule has 3 rings (SSSR count). The Labute approximate surface area is 141 Å². The van der Waals surface area contributed by atoms with Gasteiger partial charge in [0.2, 0.25) is 0 Å². The van der Waals surface area contributed by atoms with Gasteiger partial charge in [0.1, 0.15) is 0 Å². The molecule has 0 atom stereocenters. The summed E-state index contributed by atoms with van der Waals surface area (Å²) in [5.41, 5.74) is 0.577. The molecule has 1 heterocycles. The number of hydrogen-bond donors (Lipinski definition) is 2. The Bertz CT molecular complexity index is 953. The molecular formula is C16H11Cl2N3O2. The number of aromatic amines is 1. The summed E-state index contributed by atoms with van der Waals surface area (Å²) in [7, 11) is 0. The Morgan fingerprint density at radius 1 is 1.13 bits per heavy atom. The third kappa shape index (κ3) is 3.21. The largest absolute Gasteiger partial charge is 0.346 e. The molecule has 0 spiro atoms. The fraction of sp³-hybridized carbons (Fsp3) is 0.0625. The van der Waals surface area contributed by atoms with Gasteiger partial charge < -0.3 is 5.32 Å². The minimum absolute atomic E-state index is 0.152. The van der Waals surface area contributed by atoms with Crippen LogP contribution in [-0.2, 0) is 6.54 Å². The molecule has 0 saturated carbocycles. The predicted molar refractivity (Wildman–Crippen MR) is 90.0 cm³/mol. The lowest BCUT2D eigenvalue weighted by Gasteiger charge is -2.08. The number of nitrogens with one attached hydrogen (secondary N) is 2. The molecule has 2 N–H and O–H groups in total. The number of nitrogens with zero attached hydrogens (tertiary/aromatic N) is 1. The van der Waals surface area contributed by atoms with Crippen LogP contribution in [0.15, 0.2) is 47.3 Å². The summed E-state index contributed by atoms with van der Waals surface area (Å²) in [6.07, 6.45) is 0. The van der Waals surface area contributed by atoms with E-state index < -0.39 is 0 Å². The summed E-state index contributed by atoms with van der Waals surface area (Å²) < 4.78 is 0. The third-order valence-electron chi connectivity index (χ3n) is 3.36. The number of benzene rings is 2. The average molecular weight is 348 g/mol. The SMILES string of the molecule is O=C(NCc1n[nH]c(=O)c2ccccc12)c1cc(Cl)ccc1Cl. The lowest BCUT2D eigenvalue weighted by Crippen LogP contribution is -2.25. The number of aromatic nitrogens is 2. The van der Waals surface area contributed by atoms with Crippen molar-refractivity contribution in [1.29, 1.82) is 0 Å². The molecule has 0 aliphatic heterocycles. The van der Waals surface area contributed by atoms with Gasteiger partial charge in [-0.15, -0.1) is 0 Å². The zero-order valence-corrected chi connectivity index (χ0v) is 13.3. The van der Waals surface area contributed by atoms with Crippen LogP contribution in [0.3, 0.4) is 0 Å². The standard InChI is InChI=1S/C16H11Cl2N3O2/c17-9-5-6-13(18)12(7-9)15(22)19-8-14-10-3-1-2-4-11(10)16(23)21-20-14/h1-7H,8H2,(H,19,22)(H,21,23). The molecule has 5 nitrogen and oxygen atoms in total. The van der Waals surface area contributed by atoms with Crippen LogP contribution in [0.4, 0.5) is 0 Å². The van der Waals surface area contributed by atoms with Gasteiger partial charge in [-0.25, -0.2) is 5.10 Å².